The Morgan fingerprint density at radius 1 is 1.15 bits per heavy atom. The van der Waals surface area contributed by atoms with Crippen molar-refractivity contribution in [2.75, 3.05) is 7.11 Å². The number of ether oxygens (including phenoxy) is 1. The summed E-state index contributed by atoms with van der Waals surface area (Å²) in [5.41, 5.74) is 3.47. The molecule has 0 saturated carbocycles. The van der Waals surface area contributed by atoms with Gasteiger partial charge in [0.05, 0.1) is 40.9 Å². The second-order valence-electron chi connectivity index (χ2n) is 7.46. The molecule has 33 heavy (non-hydrogen) atoms. The molecule has 2 aromatic carbocycles. The Hall–Kier alpha value is -3.79. The van der Waals surface area contributed by atoms with E-state index < -0.39 is 4.92 Å². The molecule has 0 unspecified atom stereocenters. The molecule has 0 saturated heterocycles. The number of nitro groups is 1. The first kappa shape index (κ1) is 22.4. The number of rotatable bonds is 5. The lowest BCUT2D eigenvalue weighted by Crippen LogP contribution is -2.20. The maximum atomic E-state index is 13.0. The molecule has 0 aliphatic carbocycles. The van der Waals surface area contributed by atoms with Crippen LogP contribution in [0.15, 0.2) is 56.8 Å². The Kier molecular flexibility index (Phi) is 5.86. The summed E-state index contributed by atoms with van der Waals surface area (Å²) >= 11 is 3.39. The van der Waals surface area contributed by atoms with Crippen molar-refractivity contribution >= 4 is 38.7 Å². The molecule has 0 radical (unpaired) electrons. The van der Waals surface area contributed by atoms with Crippen LogP contribution in [0.5, 0.6) is 5.75 Å². The molecule has 168 valence electrons. The van der Waals surface area contributed by atoms with Gasteiger partial charge in [-0.15, -0.1) is 0 Å². The predicted molar refractivity (Wildman–Crippen MR) is 130 cm³/mol. The van der Waals surface area contributed by atoms with Crippen molar-refractivity contribution < 1.29 is 9.66 Å². The van der Waals surface area contributed by atoms with Gasteiger partial charge in [-0.2, -0.15) is 9.78 Å². The van der Waals surface area contributed by atoms with Crippen molar-refractivity contribution in [3.63, 3.8) is 0 Å². The summed E-state index contributed by atoms with van der Waals surface area (Å²) in [6, 6.07) is 11.7. The number of non-ortho nitro benzene ring substituents is 1. The van der Waals surface area contributed by atoms with E-state index in [1.807, 2.05) is 30.5 Å². The van der Waals surface area contributed by atoms with E-state index in [-0.39, 0.29) is 11.2 Å². The molecule has 9 nitrogen and oxygen atoms in total. The van der Waals surface area contributed by atoms with Gasteiger partial charge in [0.25, 0.3) is 11.2 Å². The fraction of sp³-hybridized carbons (Fsp3) is 0.174. The minimum absolute atomic E-state index is 0.0508. The lowest BCUT2D eigenvalue weighted by Gasteiger charge is -2.13. The number of nitrogens with zero attached hydrogens (tertiary/aromatic N) is 5. The van der Waals surface area contributed by atoms with Gasteiger partial charge in [0.2, 0.25) is 0 Å². The zero-order valence-electron chi connectivity index (χ0n) is 18.4. The number of nitro benzene ring substituents is 1. The molecule has 0 fully saturated rings. The van der Waals surface area contributed by atoms with Gasteiger partial charge in [0.15, 0.2) is 0 Å². The SMILES string of the molecule is COc1cc([N+](=O)[O-])ccc1-n1c(C)cc(C=Nn2c(C)nc3ccc(Br)cc3c2=O)c1C. The van der Waals surface area contributed by atoms with E-state index in [0.29, 0.717) is 28.2 Å². The third-order valence-electron chi connectivity index (χ3n) is 5.37. The highest BCUT2D eigenvalue weighted by Crippen LogP contribution is 2.31. The van der Waals surface area contributed by atoms with Gasteiger partial charge in [0, 0.05) is 27.5 Å². The predicted octanol–water partition coefficient (Wildman–Crippen LogP) is 4.67. The fourth-order valence-corrected chi connectivity index (χ4v) is 4.13. The van der Waals surface area contributed by atoms with Crippen LogP contribution in [0.4, 0.5) is 5.69 Å². The highest BCUT2D eigenvalue weighted by atomic mass is 79.9. The van der Waals surface area contributed by atoms with Gasteiger partial charge >= 0.3 is 0 Å². The van der Waals surface area contributed by atoms with E-state index in [9.17, 15) is 14.9 Å². The summed E-state index contributed by atoms with van der Waals surface area (Å²) in [4.78, 5) is 28.1. The topological polar surface area (TPSA) is 105 Å². The van der Waals surface area contributed by atoms with Crippen molar-refractivity contribution in [2.24, 2.45) is 5.10 Å². The second-order valence-corrected chi connectivity index (χ2v) is 8.37. The zero-order valence-corrected chi connectivity index (χ0v) is 20.0. The number of halogens is 1. The van der Waals surface area contributed by atoms with E-state index in [1.54, 1.807) is 31.3 Å². The Bertz CT molecular complexity index is 1500. The van der Waals surface area contributed by atoms with Crippen LogP contribution in [0.3, 0.4) is 0 Å². The molecule has 4 aromatic rings. The average Bonchev–Trinajstić information content (AvgIpc) is 3.06. The molecule has 0 N–H and O–H groups in total. The number of fused-ring (bicyclic) bond motifs is 1. The highest BCUT2D eigenvalue weighted by Gasteiger charge is 2.17. The number of methoxy groups -OCH3 is 1. The molecule has 0 amide bonds. The summed E-state index contributed by atoms with van der Waals surface area (Å²) in [7, 11) is 1.47. The first-order valence-corrected chi connectivity index (χ1v) is 10.8. The van der Waals surface area contributed by atoms with Crippen molar-refractivity contribution in [3.05, 3.63) is 90.2 Å². The van der Waals surface area contributed by atoms with E-state index in [1.165, 1.54) is 23.9 Å². The van der Waals surface area contributed by atoms with Crippen LogP contribution >= 0.6 is 15.9 Å². The lowest BCUT2D eigenvalue weighted by atomic mass is 10.2. The standard InChI is InChI=1S/C23H20BrN5O4/c1-13-9-16(14(2)27(13)21-8-6-18(29(31)32)11-22(21)33-4)12-25-28-15(3)26-20-7-5-17(24)10-19(20)23(28)30/h5-12H,1-4H3. The van der Waals surface area contributed by atoms with E-state index >= 15 is 0 Å². The normalized spacial score (nSPS) is 11.4. The second kappa shape index (κ2) is 8.62. The molecule has 0 aliphatic heterocycles. The maximum absolute atomic E-state index is 13.0. The van der Waals surface area contributed by atoms with Crippen molar-refractivity contribution in [1.82, 2.24) is 14.2 Å². The molecular formula is C23H20BrN5O4. The lowest BCUT2D eigenvalue weighted by molar-refractivity contribution is -0.384. The highest BCUT2D eigenvalue weighted by molar-refractivity contribution is 9.10. The van der Waals surface area contributed by atoms with Gasteiger partial charge in [-0.3, -0.25) is 14.9 Å². The third kappa shape index (κ3) is 4.05. The fourth-order valence-electron chi connectivity index (χ4n) is 3.77. The minimum Gasteiger partial charge on any atom is -0.494 e. The number of benzene rings is 2. The number of hydrogen-bond donors (Lipinski definition) is 0. The summed E-state index contributed by atoms with van der Waals surface area (Å²) in [5.74, 6) is 0.850. The quantitative estimate of drug-likeness (QED) is 0.220. The number of hydrogen-bond acceptors (Lipinski definition) is 6. The van der Waals surface area contributed by atoms with E-state index in [4.69, 9.17) is 4.74 Å². The zero-order chi connectivity index (χ0) is 23.9. The Morgan fingerprint density at radius 3 is 2.61 bits per heavy atom. The van der Waals surface area contributed by atoms with Crippen LogP contribution in [0.1, 0.15) is 22.8 Å². The van der Waals surface area contributed by atoms with Crippen molar-refractivity contribution in [3.8, 4) is 11.4 Å². The molecule has 0 spiro atoms. The van der Waals surface area contributed by atoms with Crippen molar-refractivity contribution in [1.29, 1.82) is 0 Å². The molecular weight excluding hydrogens is 490 g/mol. The smallest absolute Gasteiger partial charge is 0.282 e. The van der Waals surface area contributed by atoms with Crippen molar-refractivity contribution in [2.45, 2.75) is 20.8 Å². The van der Waals surface area contributed by atoms with Crippen LogP contribution in [0.2, 0.25) is 0 Å². The Labute approximate surface area is 197 Å². The summed E-state index contributed by atoms with van der Waals surface area (Å²) in [6.07, 6.45) is 1.61. The first-order valence-electron chi connectivity index (χ1n) is 9.96. The van der Waals surface area contributed by atoms with Crippen LogP contribution in [-0.4, -0.2) is 32.5 Å². The molecule has 0 aliphatic rings. The summed E-state index contributed by atoms with van der Waals surface area (Å²) < 4.78 is 9.39. The monoisotopic (exact) mass is 509 g/mol. The molecule has 2 aromatic heterocycles. The average molecular weight is 510 g/mol. The van der Waals surface area contributed by atoms with Crippen LogP contribution in [-0.2, 0) is 0 Å². The van der Waals surface area contributed by atoms with Gasteiger partial charge in [-0.1, -0.05) is 15.9 Å². The molecule has 0 bridgehead atoms. The van der Waals surface area contributed by atoms with Gasteiger partial charge in [-0.25, -0.2) is 4.98 Å². The molecule has 10 heteroatoms. The number of aryl methyl sites for hydroxylation is 2. The van der Waals surface area contributed by atoms with Gasteiger partial charge in [-0.05, 0) is 51.1 Å². The largest absolute Gasteiger partial charge is 0.494 e. The third-order valence-corrected chi connectivity index (χ3v) is 5.86. The van der Waals surface area contributed by atoms with Crippen LogP contribution < -0.4 is 10.3 Å². The maximum Gasteiger partial charge on any atom is 0.282 e. The number of aromatic nitrogens is 3. The van der Waals surface area contributed by atoms with E-state index in [0.717, 1.165) is 21.4 Å². The molecule has 0 atom stereocenters. The Balaban J connectivity index is 1.79. The first-order chi connectivity index (χ1) is 15.7. The minimum atomic E-state index is -0.462. The van der Waals surface area contributed by atoms with E-state index in [2.05, 4.69) is 26.0 Å². The van der Waals surface area contributed by atoms with Crippen LogP contribution in [0.25, 0.3) is 16.6 Å². The van der Waals surface area contributed by atoms with Gasteiger partial charge < -0.3 is 9.30 Å². The Morgan fingerprint density at radius 2 is 1.91 bits per heavy atom. The summed E-state index contributed by atoms with van der Waals surface area (Å²) in [5, 5.41) is 16.0. The molecule has 4 rings (SSSR count). The summed E-state index contributed by atoms with van der Waals surface area (Å²) in [6.45, 7) is 5.55. The van der Waals surface area contributed by atoms with Gasteiger partial charge in [0.1, 0.15) is 11.6 Å². The van der Waals surface area contributed by atoms with Crippen LogP contribution in [0, 0.1) is 30.9 Å². The molecule has 2 heterocycles.